The third kappa shape index (κ3) is 6.14. The maximum Gasteiger partial charge on any atom is 0.324 e. The lowest BCUT2D eigenvalue weighted by molar-refractivity contribution is -0.132. The van der Waals surface area contributed by atoms with Crippen LogP contribution in [0.4, 0.5) is 19.3 Å². The Balaban J connectivity index is 1.70. The zero-order chi connectivity index (χ0) is 22.2. The second kappa shape index (κ2) is 10.7. The molecule has 0 spiro atoms. The summed E-state index contributed by atoms with van der Waals surface area (Å²) in [5.74, 6) is -0.613. The van der Waals surface area contributed by atoms with Crippen LogP contribution in [0.15, 0.2) is 48.7 Å². The molecule has 8 nitrogen and oxygen atoms in total. The predicted molar refractivity (Wildman–Crippen MR) is 113 cm³/mol. The van der Waals surface area contributed by atoms with Gasteiger partial charge in [-0.05, 0) is 24.3 Å². The van der Waals surface area contributed by atoms with E-state index in [1.807, 2.05) is 47.5 Å². The van der Waals surface area contributed by atoms with Gasteiger partial charge in [0.25, 0.3) is 5.91 Å². The summed E-state index contributed by atoms with van der Waals surface area (Å²) in [5.41, 5.74) is 4.86. The molecule has 1 aromatic heterocycles. The highest BCUT2D eigenvalue weighted by Gasteiger charge is 2.24. The number of hydrogen-bond donors (Lipinski definition) is 2. The van der Waals surface area contributed by atoms with Crippen LogP contribution >= 0.6 is 11.8 Å². The Kier molecular flexibility index (Phi) is 7.76. The van der Waals surface area contributed by atoms with E-state index < -0.39 is 18.2 Å². The highest BCUT2D eigenvalue weighted by molar-refractivity contribution is 7.99. The van der Waals surface area contributed by atoms with Crippen molar-refractivity contribution in [2.75, 3.05) is 29.5 Å². The van der Waals surface area contributed by atoms with Crippen molar-refractivity contribution in [3.8, 4) is 0 Å². The summed E-state index contributed by atoms with van der Waals surface area (Å²) < 4.78 is 24.4. The molecule has 1 aliphatic heterocycles. The van der Waals surface area contributed by atoms with Gasteiger partial charge in [0.15, 0.2) is 0 Å². The molecular formula is C20H21F2N5O3S. The van der Waals surface area contributed by atoms with Crippen LogP contribution in [-0.2, 0) is 11.3 Å². The number of carbonyl (C=O) groups is 3. The lowest BCUT2D eigenvalue weighted by Crippen LogP contribution is -2.46. The zero-order valence-corrected chi connectivity index (χ0v) is 17.3. The van der Waals surface area contributed by atoms with Crippen LogP contribution in [0.2, 0.25) is 0 Å². The molecule has 3 rings (SSSR count). The molecule has 0 radical (unpaired) electrons. The first kappa shape index (κ1) is 22.5. The number of nitrogens with zero attached hydrogens (tertiary/aromatic N) is 3. The van der Waals surface area contributed by atoms with Crippen molar-refractivity contribution in [2.45, 2.75) is 13.0 Å². The molecule has 11 heteroatoms. The second-order valence-corrected chi connectivity index (χ2v) is 7.81. The number of pyridine rings is 1. The highest BCUT2D eigenvalue weighted by atomic mass is 32.2. The van der Waals surface area contributed by atoms with Crippen molar-refractivity contribution >= 4 is 35.3 Å². The van der Waals surface area contributed by atoms with Gasteiger partial charge < -0.3 is 4.90 Å². The van der Waals surface area contributed by atoms with Gasteiger partial charge in [0.05, 0.1) is 17.8 Å². The quantitative estimate of drug-likeness (QED) is 0.683. The SMILES string of the molecule is O=C(NNC(=O)C(F)F)c1ccc(CN(C(=O)N2CCSCC2)c2ccccc2)nc1. The molecular weight excluding hydrogens is 428 g/mol. The minimum absolute atomic E-state index is 0.0731. The molecule has 1 aromatic carbocycles. The number of thioether (sulfide) groups is 1. The standard InChI is InChI=1S/C20H21F2N5O3S/c21-17(22)19(29)25-24-18(28)14-6-7-15(23-12-14)13-27(16-4-2-1-3-5-16)20(30)26-8-10-31-11-9-26/h1-7,12,17H,8-11,13H2,(H,24,28)(H,25,29). The number of anilines is 1. The van der Waals surface area contributed by atoms with E-state index in [4.69, 9.17) is 0 Å². The van der Waals surface area contributed by atoms with Crippen LogP contribution in [0, 0.1) is 0 Å². The van der Waals surface area contributed by atoms with Gasteiger partial charge in [0.1, 0.15) is 0 Å². The molecule has 0 saturated carbocycles. The number of halogens is 2. The van der Waals surface area contributed by atoms with Crippen LogP contribution in [0.1, 0.15) is 16.1 Å². The molecule has 164 valence electrons. The van der Waals surface area contributed by atoms with Gasteiger partial charge in [-0.25, -0.2) is 4.79 Å². The van der Waals surface area contributed by atoms with Gasteiger partial charge in [-0.1, -0.05) is 18.2 Å². The molecule has 31 heavy (non-hydrogen) atoms. The van der Waals surface area contributed by atoms with Crippen molar-refractivity contribution in [2.24, 2.45) is 0 Å². The van der Waals surface area contributed by atoms with Gasteiger partial charge in [0.2, 0.25) is 0 Å². The Morgan fingerprint density at radius 3 is 2.39 bits per heavy atom. The van der Waals surface area contributed by atoms with Gasteiger partial charge in [-0.15, -0.1) is 0 Å². The molecule has 2 N–H and O–H groups in total. The smallest absolute Gasteiger partial charge is 0.323 e. The van der Waals surface area contributed by atoms with E-state index in [-0.39, 0.29) is 18.1 Å². The monoisotopic (exact) mass is 449 g/mol. The largest absolute Gasteiger partial charge is 0.324 e. The minimum Gasteiger partial charge on any atom is -0.323 e. The summed E-state index contributed by atoms with van der Waals surface area (Å²) in [4.78, 5) is 43.6. The fourth-order valence-corrected chi connectivity index (χ4v) is 3.77. The van der Waals surface area contributed by atoms with Gasteiger partial charge in [-0.2, -0.15) is 20.5 Å². The fourth-order valence-electron chi connectivity index (χ4n) is 2.86. The summed E-state index contributed by atoms with van der Waals surface area (Å²) in [6.07, 6.45) is -1.98. The number of amides is 4. The van der Waals surface area contributed by atoms with Crippen molar-refractivity contribution in [1.82, 2.24) is 20.7 Å². The molecule has 1 fully saturated rings. The number of carbonyl (C=O) groups excluding carboxylic acids is 3. The Morgan fingerprint density at radius 1 is 1.06 bits per heavy atom. The first-order chi connectivity index (χ1) is 15.0. The number of alkyl halides is 2. The maximum absolute atomic E-state index is 13.1. The number of urea groups is 1. The van der Waals surface area contributed by atoms with Crippen molar-refractivity contribution in [3.63, 3.8) is 0 Å². The van der Waals surface area contributed by atoms with Gasteiger partial charge >= 0.3 is 18.4 Å². The van der Waals surface area contributed by atoms with E-state index in [0.29, 0.717) is 18.8 Å². The molecule has 0 unspecified atom stereocenters. The average molecular weight is 449 g/mol. The molecule has 2 heterocycles. The lowest BCUT2D eigenvalue weighted by Gasteiger charge is -2.32. The molecule has 0 bridgehead atoms. The number of benzene rings is 1. The third-order valence-corrected chi connectivity index (χ3v) is 5.43. The fraction of sp³-hybridized carbons (Fsp3) is 0.300. The number of rotatable bonds is 5. The first-order valence-corrected chi connectivity index (χ1v) is 10.6. The predicted octanol–water partition coefficient (Wildman–Crippen LogP) is 2.28. The summed E-state index contributed by atoms with van der Waals surface area (Å²) in [5, 5.41) is 0. The Labute approximate surface area is 182 Å². The topological polar surface area (TPSA) is 94.6 Å². The number of hydrogen-bond acceptors (Lipinski definition) is 5. The Bertz CT molecular complexity index is 909. The molecule has 0 atom stereocenters. The van der Waals surface area contributed by atoms with E-state index in [0.717, 1.165) is 17.2 Å². The molecule has 0 aliphatic carbocycles. The highest BCUT2D eigenvalue weighted by Crippen LogP contribution is 2.20. The molecule has 4 amide bonds. The Hall–Kier alpha value is -3.21. The van der Waals surface area contributed by atoms with E-state index in [9.17, 15) is 23.2 Å². The van der Waals surface area contributed by atoms with Crippen molar-refractivity contribution in [3.05, 3.63) is 59.9 Å². The lowest BCUT2D eigenvalue weighted by atomic mass is 10.2. The molecule has 2 aromatic rings. The second-order valence-electron chi connectivity index (χ2n) is 6.59. The zero-order valence-electron chi connectivity index (χ0n) is 16.5. The summed E-state index contributed by atoms with van der Waals surface area (Å²) in [7, 11) is 0. The van der Waals surface area contributed by atoms with Crippen LogP contribution in [0.5, 0.6) is 0 Å². The van der Waals surface area contributed by atoms with Crippen LogP contribution in [0.3, 0.4) is 0 Å². The van der Waals surface area contributed by atoms with Crippen LogP contribution in [-0.4, -0.2) is 58.8 Å². The van der Waals surface area contributed by atoms with E-state index in [2.05, 4.69) is 4.98 Å². The summed E-state index contributed by atoms with van der Waals surface area (Å²) >= 11 is 1.81. The number of nitrogens with one attached hydrogen (secondary N) is 2. The number of aromatic nitrogens is 1. The van der Waals surface area contributed by atoms with E-state index in [1.54, 1.807) is 21.3 Å². The summed E-state index contributed by atoms with van der Waals surface area (Å²) in [6.45, 7) is 1.53. The van der Waals surface area contributed by atoms with Crippen molar-refractivity contribution < 1.29 is 23.2 Å². The molecule has 1 saturated heterocycles. The summed E-state index contributed by atoms with van der Waals surface area (Å²) in [6, 6.07) is 12.1. The van der Waals surface area contributed by atoms with Gasteiger partial charge in [0, 0.05) is 36.5 Å². The minimum atomic E-state index is -3.24. The number of para-hydroxylation sites is 1. The van der Waals surface area contributed by atoms with E-state index >= 15 is 0 Å². The first-order valence-electron chi connectivity index (χ1n) is 9.48. The van der Waals surface area contributed by atoms with Crippen LogP contribution in [0.25, 0.3) is 0 Å². The maximum atomic E-state index is 13.1. The third-order valence-electron chi connectivity index (χ3n) is 4.48. The normalized spacial score (nSPS) is 13.6. The van der Waals surface area contributed by atoms with Crippen LogP contribution < -0.4 is 15.8 Å². The van der Waals surface area contributed by atoms with Crippen molar-refractivity contribution in [1.29, 1.82) is 0 Å². The Morgan fingerprint density at radius 2 is 1.77 bits per heavy atom. The number of hydrazine groups is 1. The molecule has 1 aliphatic rings. The average Bonchev–Trinajstić information content (AvgIpc) is 2.81. The van der Waals surface area contributed by atoms with Gasteiger partial charge in [-0.3, -0.25) is 30.3 Å². The van der Waals surface area contributed by atoms with E-state index in [1.165, 1.54) is 12.3 Å².